The lowest BCUT2D eigenvalue weighted by Gasteiger charge is -2.62. The van der Waals surface area contributed by atoms with Crippen molar-refractivity contribution in [2.75, 3.05) is 9.80 Å². The largest absolute Gasteiger partial charge is 0.311 e. The molecule has 48 heavy (non-hydrogen) atoms. The Morgan fingerprint density at radius 1 is 0.375 bits per heavy atom. The van der Waals surface area contributed by atoms with Gasteiger partial charge in [0.05, 0.1) is 0 Å². The minimum Gasteiger partial charge on any atom is -0.311 e. The van der Waals surface area contributed by atoms with Crippen molar-refractivity contribution in [2.45, 2.75) is 43.4 Å². The van der Waals surface area contributed by atoms with Crippen LogP contribution in [0.15, 0.2) is 170 Å². The van der Waals surface area contributed by atoms with Gasteiger partial charge in [-0.25, -0.2) is 0 Å². The van der Waals surface area contributed by atoms with E-state index in [0.717, 1.165) is 17.8 Å². The Morgan fingerprint density at radius 3 is 1.12 bits per heavy atom. The van der Waals surface area contributed by atoms with Gasteiger partial charge in [-0.15, -0.1) is 0 Å². The van der Waals surface area contributed by atoms with Gasteiger partial charge in [-0.05, 0) is 140 Å². The van der Waals surface area contributed by atoms with E-state index in [2.05, 4.69) is 180 Å². The van der Waals surface area contributed by atoms with Gasteiger partial charge >= 0.3 is 0 Å². The van der Waals surface area contributed by atoms with Crippen LogP contribution in [0.4, 0.5) is 34.1 Å². The first kappa shape index (κ1) is 29.1. The van der Waals surface area contributed by atoms with E-state index in [9.17, 15) is 0 Å². The van der Waals surface area contributed by atoms with Crippen molar-refractivity contribution in [3.63, 3.8) is 0 Å². The monoisotopic (exact) mass is 622 g/mol. The second kappa shape index (κ2) is 12.2. The highest BCUT2D eigenvalue weighted by atomic mass is 15.1. The molecule has 0 aromatic heterocycles. The molecular formula is C46H42N2. The van der Waals surface area contributed by atoms with Crippen molar-refractivity contribution in [1.29, 1.82) is 0 Å². The van der Waals surface area contributed by atoms with Gasteiger partial charge in [0, 0.05) is 39.5 Å². The van der Waals surface area contributed by atoms with Gasteiger partial charge in [-0.1, -0.05) is 97.1 Å². The third-order valence-corrected chi connectivity index (χ3v) is 11.6. The molecule has 0 amide bonds. The first-order valence-electron chi connectivity index (χ1n) is 17.8. The molecule has 0 radical (unpaired) electrons. The van der Waals surface area contributed by atoms with E-state index in [4.69, 9.17) is 0 Å². The Hall–Kier alpha value is -5.08. The molecule has 6 aromatic rings. The zero-order valence-corrected chi connectivity index (χ0v) is 27.4. The Labute approximate surface area is 285 Å². The van der Waals surface area contributed by atoms with Gasteiger partial charge in [-0.2, -0.15) is 0 Å². The molecule has 6 aromatic carbocycles. The van der Waals surface area contributed by atoms with Crippen molar-refractivity contribution in [3.8, 4) is 0 Å². The van der Waals surface area contributed by atoms with Gasteiger partial charge in [-0.3, -0.25) is 0 Å². The SMILES string of the molecule is c1ccc(N(c2ccccc2)c2ccc(C3C4CC5CC(C4)CC3(c3ccc(N(c4ccccc4)c4ccccc4)cc3)C5)cc2)cc1. The maximum Gasteiger partial charge on any atom is 0.0461 e. The first-order valence-corrected chi connectivity index (χ1v) is 17.8. The fourth-order valence-corrected chi connectivity index (χ4v) is 10.0. The van der Waals surface area contributed by atoms with Crippen LogP contribution in [0.1, 0.15) is 49.1 Å². The minimum absolute atomic E-state index is 0.192. The van der Waals surface area contributed by atoms with Gasteiger partial charge in [0.25, 0.3) is 0 Å². The van der Waals surface area contributed by atoms with Gasteiger partial charge in [0.1, 0.15) is 0 Å². The molecule has 4 saturated carbocycles. The number of para-hydroxylation sites is 4. The van der Waals surface area contributed by atoms with E-state index in [1.165, 1.54) is 77.4 Å². The second-order valence-corrected chi connectivity index (χ2v) is 14.4. The van der Waals surface area contributed by atoms with Crippen LogP contribution in [0.25, 0.3) is 0 Å². The Morgan fingerprint density at radius 2 is 0.729 bits per heavy atom. The van der Waals surface area contributed by atoms with E-state index in [0.29, 0.717) is 5.92 Å². The van der Waals surface area contributed by atoms with E-state index < -0.39 is 0 Å². The molecule has 3 atom stereocenters. The standard InChI is InChI=1S/C46H42N2/c1-5-13-39(14-6-1)47(40-15-7-2-8-16-40)43-25-21-36(22-26-43)45-37-30-34-29-35(31-37)33-46(45,32-34)38-23-27-44(28-24-38)48(41-17-9-3-10-18-41)42-19-11-4-12-20-42/h1-28,34-35,37,45H,29-33H2. The molecule has 0 spiro atoms. The Balaban J connectivity index is 1.09. The van der Waals surface area contributed by atoms with Crippen LogP contribution < -0.4 is 9.80 Å². The topological polar surface area (TPSA) is 6.48 Å². The highest BCUT2D eigenvalue weighted by Gasteiger charge is 2.57. The third kappa shape index (κ3) is 5.11. The van der Waals surface area contributed by atoms with E-state index in [-0.39, 0.29) is 5.41 Å². The summed E-state index contributed by atoms with van der Waals surface area (Å²) in [5.74, 6) is 3.02. The molecular weight excluding hydrogens is 581 g/mol. The van der Waals surface area contributed by atoms with Gasteiger partial charge in [0.2, 0.25) is 0 Å². The molecule has 4 fully saturated rings. The van der Waals surface area contributed by atoms with Crippen LogP contribution >= 0.6 is 0 Å². The van der Waals surface area contributed by atoms with Crippen molar-refractivity contribution in [1.82, 2.24) is 0 Å². The quantitative estimate of drug-likeness (QED) is 0.167. The molecule has 0 heterocycles. The highest BCUT2D eigenvalue weighted by molar-refractivity contribution is 5.77. The smallest absolute Gasteiger partial charge is 0.0461 e. The van der Waals surface area contributed by atoms with Gasteiger partial charge < -0.3 is 9.80 Å². The average molecular weight is 623 g/mol. The summed E-state index contributed by atoms with van der Waals surface area (Å²) in [6.07, 6.45) is 6.83. The molecule has 4 aliphatic carbocycles. The maximum atomic E-state index is 2.48. The van der Waals surface area contributed by atoms with Crippen LogP contribution in [0, 0.1) is 17.8 Å². The first-order chi connectivity index (χ1) is 23.7. The number of hydrogen-bond donors (Lipinski definition) is 0. The summed E-state index contributed by atoms with van der Waals surface area (Å²) in [4.78, 5) is 4.76. The Kier molecular flexibility index (Phi) is 7.38. The summed E-state index contributed by atoms with van der Waals surface area (Å²) in [7, 11) is 0. The number of nitrogens with zero attached hydrogens (tertiary/aromatic N) is 2. The summed E-state index contributed by atoms with van der Waals surface area (Å²) in [6, 6.07) is 62.4. The second-order valence-electron chi connectivity index (χ2n) is 14.4. The maximum absolute atomic E-state index is 2.48. The number of rotatable bonds is 8. The summed E-state index contributed by atoms with van der Waals surface area (Å²) in [6.45, 7) is 0. The zero-order chi connectivity index (χ0) is 31.9. The van der Waals surface area contributed by atoms with Crippen LogP contribution in [0.2, 0.25) is 0 Å². The third-order valence-electron chi connectivity index (χ3n) is 11.6. The summed E-state index contributed by atoms with van der Waals surface area (Å²) < 4.78 is 0. The lowest BCUT2D eigenvalue weighted by molar-refractivity contribution is -0.0280. The van der Waals surface area contributed by atoms with Crippen molar-refractivity contribution in [3.05, 3.63) is 181 Å². The van der Waals surface area contributed by atoms with E-state index >= 15 is 0 Å². The van der Waals surface area contributed by atoms with Crippen LogP contribution in [0.3, 0.4) is 0 Å². The zero-order valence-electron chi connectivity index (χ0n) is 27.4. The van der Waals surface area contributed by atoms with Crippen LogP contribution in [-0.4, -0.2) is 0 Å². The fraction of sp³-hybridized carbons (Fsp3) is 0.217. The Bertz CT molecular complexity index is 1860. The molecule has 236 valence electrons. The number of benzene rings is 6. The summed E-state index contributed by atoms with van der Waals surface area (Å²) >= 11 is 0. The molecule has 4 aliphatic rings. The number of anilines is 6. The summed E-state index contributed by atoms with van der Waals surface area (Å²) in [5, 5.41) is 0. The van der Waals surface area contributed by atoms with Crippen LogP contribution in [0.5, 0.6) is 0 Å². The predicted octanol–water partition coefficient (Wildman–Crippen LogP) is 12.5. The van der Waals surface area contributed by atoms with Crippen molar-refractivity contribution >= 4 is 34.1 Å². The summed E-state index contributed by atoms with van der Waals surface area (Å²) in [5.41, 5.74) is 10.4. The molecule has 2 nitrogen and oxygen atoms in total. The van der Waals surface area contributed by atoms with Crippen molar-refractivity contribution < 1.29 is 0 Å². The normalized spacial score (nSPS) is 23.9. The molecule has 4 bridgehead atoms. The number of hydrogen-bond acceptors (Lipinski definition) is 2. The van der Waals surface area contributed by atoms with Gasteiger partial charge in [0.15, 0.2) is 0 Å². The molecule has 0 aliphatic heterocycles. The van der Waals surface area contributed by atoms with Crippen molar-refractivity contribution in [2.24, 2.45) is 17.8 Å². The molecule has 3 unspecified atom stereocenters. The highest BCUT2D eigenvalue weighted by Crippen LogP contribution is 2.66. The molecule has 0 N–H and O–H groups in total. The molecule has 10 rings (SSSR count). The van der Waals surface area contributed by atoms with Crippen LogP contribution in [-0.2, 0) is 5.41 Å². The fourth-order valence-electron chi connectivity index (χ4n) is 10.0. The lowest BCUT2D eigenvalue weighted by Crippen LogP contribution is -2.53. The van der Waals surface area contributed by atoms with E-state index in [1.54, 1.807) is 0 Å². The minimum atomic E-state index is 0.192. The lowest BCUT2D eigenvalue weighted by atomic mass is 9.42. The van der Waals surface area contributed by atoms with E-state index in [1.807, 2.05) is 0 Å². The molecule has 2 heteroatoms. The average Bonchev–Trinajstić information content (AvgIpc) is 3.14. The molecule has 0 saturated heterocycles. The predicted molar refractivity (Wildman–Crippen MR) is 200 cm³/mol.